The van der Waals surface area contributed by atoms with Crippen molar-refractivity contribution in [1.82, 2.24) is 5.32 Å². The molecule has 0 unspecified atom stereocenters. The Hall–Kier alpha value is -3.75. The predicted molar refractivity (Wildman–Crippen MR) is 80.8 cm³/mol. The highest BCUT2D eigenvalue weighted by Crippen LogP contribution is 2.23. The summed E-state index contributed by atoms with van der Waals surface area (Å²) in [5.74, 6) is -2.34. The smallest absolute Gasteiger partial charge is 0.401 e. The third kappa shape index (κ3) is 2.65. The summed E-state index contributed by atoms with van der Waals surface area (Å²) in [6, 6.07) is 9.49. The van der Waals surface area contributed by atoms with E-state index in [0.717, 1.165) is 17.0 Å². The van der Waals surface area contributed by atoms with Gasteiger partial charge < -0.3 is 4.42 Å². The highest BCUT2D eigenvalue weighted by atomic mass is 16.6. The van der Waals surface area contributed by atoms with Crippen LogP contribution in [0.3, 0.4) is 0 Å². The van der Waals surface area contributed by atoms with E-state index in [9.17, 15) is 24.5 Å². The Labute approximate surface area is 134 Å². The molecule has 3 rings (SSSR count). The van der Waals surface area contributed by atoms with Gasteiger partial charge in [0.2, 0.25) is 0 Å². The minimum absolute atomic E-state index is 0.0532. The lowest BCUT2D eigenvalue weighted by Gasteiger charge is -2.26. The molecule has 1 aromatic carbocycles. The van der Waals surface area contributed by atoms with Crippen LogP contribution in [0.1, 0.15) is 5.76 Å². The summed E-state index contributed by atoms with van der Waals surface area (Å²) < 4.78 is 4.90. The molecule has 4 amide bonds. The lowest BCUT2D eigenvalue weighted by atomic mass is 10.1. The number of carbonyl (C=O) groups is 3. The molecule has 0 atom stereocenters. The Morgan fingerprint density at radius 3 is 2.42 bits per heavy atom. The van der Waals surface area contributed by atoms with Crippen LogP contribution in [-0.4, -0.2) is 22.8 Å². The first-order valence-electron chi connectivity index (χ1n) is 6.68. The van der Waals surface area contributed by atoms with Gasteiger partial charge in [0.1, 0.15) is 16.3 Å². The monoisotopic (exact) mass is 327 g/mol. The maximum Gasteiger partial charge on any atom is 0.433 e. The maximum absolute atomic E-state index is 12.5. The summed E-state index contributed by atoms with van der Waals surface area (Å²) in [4.78, 5) is 47.0. The van der Waals surface area contributed by atoms with Gasteiger partial charge in [-0.05, 0) is 24.3 Å². The highest BCUT2D eigenvalue weighted by molar-refractivity contribution is 6.39. The lowest BCUT2D eigenvalue weighted by Crippen LogP contribution is -2.54. The van der Waals surface area contributed by atoms with E-state index in [1.54, 1.807) is 18.2 Å². The van der Waals surface area contributed by atoms with E-state index in [0.29, 0.717) is 0 Å². The molecule has 9 nitrogen and oxygen atoms in total. The minimum atomic E-state index is -0.906. The number of amides is 4. The van der Waals surface area contributed by atoms with Crippen molar-refractivity contribution in [3.05, 3.63) is 63.9 Å². The number of hydrogen-bond acceptors (Lipinski definition) is 6. The molecule has 2 aromatic rings. The predicted octanol–water partition coefficient (Wildman–Crippen LogP) is 1.85. The number of nitro groups is 1. The summed E-state index contributed by atoms with van der Waals surface area (Å²) in [7, 11) is 0. The van der Waals surface area contributed by atoms with Gasteiger partial charge in [0.15, 0.2) is 0 Å². The summed E-state index contributed by atoms with van der Waals surface area (Å²) in [6.07, 6.45) is 1.05. The highest BCUT2D eigenvalue weighted by Gasteiger charge is 2.37. The topological polar surface area (TPSA) is 123 Å². The molecule has 0 radical (unpaired) electrons. The number of anilines is 1. The van der Waals surface area contributed by atoms with Gasteiger partial charge in [-0.2, -0.15) is 0 Å². The molecule has 0 bridgehead atoms. The SMILES string of the molecule is O=C1NC(=O)N(c2ccccc2)C(=O)/C1=C\c1ccc([N+](=O)[O-])o1. The normalized spacial score (nSPS) is 16.4. The summed E-state index contributed by atoms with van der Waals surface area (Å²) in [5, 5.41) is 12.6. The molecule has 0 saturated carbocycles. The molecule has 1 aromatic heterocycles. The number of nitrogens with zero attached hydrogens (tertiary/aromatic N) is 2. The minimum Gasteiger partial charge on any atom is -0.401 e. The Morgan fingerprint density at radius 1 is 1.08 bits per heavy atom. The lowest BCUT2D eigenvalue weighted by molar-refractivity contribution is -0.402. The van der Waals surface area contributed by atoms with Crippen molar-refractivity contribution in [3.8, 4) is 0 Å². The first-order chi connectivity index (χ1) is 11.5. The fourth-order valence-electron chi connectivity index (χ4n) is 2.13. The van der Waals surface area contributed by atoms with Gasteiger partial charge in [-0.1, -0.05) is 18.2 Å². The van der Waals surface area contributed by atoms with Crippen LogP contribution in [0.25, 0.3) is 6.08 Å². The number of imide groups is 2. The average molecular weight is 327 g/mol. The van der Waals surface area contributed by atoms with E-state index in [4.69, 9.17) is 4.42 Å². The number of carbonyl (C=O) groups excluding carboxylic acids is 3. The second-order valence-electron chi connectivity index (χ2n) is 4.73. The van der Waals surface area contributed by atoms with E-state index in [-0.39, 0.29) is 17.0 Å². The van der Waals surface area contributed by atoms with Crippen LogP contribution in [0.5, 0.6) is 0 Å². The quantitative estimate of drug-likeness (QED) is 0.397. The van der Waals surface area contributed by atoms with Crippen molar-refractivity contribution in [2.75, 3.05) is 4.90 Å². The second-order valence-corrected chi connectivity index (χ2v) is 4.73. The Kier molecular flexibility index (Phi) is 3.66. The van der Waals surface area contributed by atoms with Crippen molar-refractivity contribution >= 4 is 35.5 Å². The van der Waals surface area contributed by atoms with Crippen LogP contribution in [0.15, 0.2) is 52.5 Å². The summed E-state index contributed by atoms with van der Waals surface area (Å²) in [6.45, 7) is 0. The zero-order chi connectivity index (χ0) is 17.3. The molecule has 9 heteroatoms. The van der Waals surface area contributed by atoms with Crippen molar-refractivity contribution in [1.29, 1.82) is 0 Å². The molecule has 2 heterocycles. The first-order valence-corrected chi connectivity index (χ1v) is 6.68. The molecule has 0 spiro atoms. The Bertz CT molecular complexity index is 884. The van der Waals surface area contributed by atoms with Crippen LogP contribution in [0.4, 0.5) is 16.4 Å². The molecule has 1 fully saturated rings. The van der Waals surface area contributed by atoms with Gasteiger partial charge in [0.25, 0.3) is 11.8 Å². The van der Waals surface area contributed by atoms with Crippen molar-refractivity contribution in [2.45, 2.75) is 0 Å². The van der Waals surface area contributed by atoms with E-state index < -0.39 is 28.7 Å². The van der Waals surface area contributed by atoms with Crippen molar-refractivity contribution in [2.24, 2.45) is 0 Å². The second kappa shape index (κ2) is 5.80. The summed E-state index contributed by atoms with van der Waals surface area (Å²) >= 11 is 0. The largest absolute Gasteiger partial charge is 0.433 e. The van der Waals surface area contributed by atoms with Crippen molar-refractivity contribution < 1.29 is 23.7 Å². The van der Waals surface area contributed by atoms with Gasteiger partial charge in [0.05, 0.1) is 11.8 Å². The van der Waals surface area contributed by atoms with Crippen molar-refractivity contribution in [3.63, 3.8) is 0 Å². The first kappa shape index (κ1) is 15.2. The summed E-state index contributed by atoms with van der Waals surface area (Å²) in [5.41, 5.74) is -0.0912. The average Bonchev–Trinajstić information content (AvgIpc) is 3.01. The Balaban J connectivity index is 1.99. The number of para-hydroxylation sites is 1. The molecule has 1 aliphatic heterocycles. The number of nitrogens with one attached hydrogen (secondary N) is 1. The molecule has 1 N–H and O–H groups in total. The van der Waals surface area contributed by atoms with E-state index in [1.807, 2.05) is 5.32 Å². The molecule has 24 heavy (non-hydrogen) atoms. The van der Waals surface area contributed by atoms with Crippen LogP contribution < -0.4 is 10.2 Å². The molecular weight excluding hydrogens is 318 g/mol. The van der Waals surface area contributed by atoms with Crippen LogP contribution >= 0.6 is 0 Å². The number of barbiturate groups is 1. The number of rotatable bonds is 3. The maximum atomic E-state index is 12.5. The van der Waals surface area contributed by atoms with Gasteiger partial charge in [-0.15, -0.1) is 0 Å². The van der Waals surface area contributed by atoms with Crippen LogP contribution in [0, 0.1) is 10.1 Å². The zero-order valence-electron chi connectivity index (χ0n) is 12.0. The van der Waals surface area contributed by atoms with Gasteiger partial charge >= 0.3 is 11.9 Å². The number of furan rings is 1. The van der Waals surface area contributed by atoms with Crippen LogP contribution in [0.2, 0.25) is 0 Å². The Morgan fingerprint density at radius 2 is 1.79 bits per heavy atom. The zero-order valence-corrected chi connectivity index (χ0v) is 12.0. The number of benzene rings is 1. The third-order valence-electron chi connectivity index (χ3n) is 3.20. The third-order valence-corrected chi connectivity index (χ3v) is 3.20. The fourth-order valence-corrected chi connectivity index (χ4v) is 2.13. The van der Waals surface area contributed by atoms with Gasteiger partial charge in [-0.25, -0.2) is 9.69 Å². The standard InChI is InChI=1S/C15H9N3O6/c19-13-11(8-10-6-7-12(24-10)18(22)23)14(20)17(15(21)16-13)9-4-2-1-3-5-9/h1-8H,(H,16,19,21)/b11-8-. The fraction of sp³-hybridized carbons (Fsp3) is 0. The van der Waals surface area contributed by atoms with Crippen LogP contribution in [-0.2, 0) is 9.59 Å². The van der Waals surface area contributed by atoms with E-state index >= 15 is 0 Å². The van der Waals surface area contributed by atoms with E-state index in [2.05, 4.69) is 0 Å². The molecule has 1 saturated heterocycles. The van der Waals surface area contributed by atoms with Gasteiger partial charge in [-0.3, -0.25) is 25.0 Å². The van der Waals surface area contributed by atoms with Gasteiger partial charge in [0, 0.05) is 0 Å². The molecule has 120 valence electrons. The molecular formula is C15H9N3O6. The molecule has 1 aliphatic rings. The molecule has 0 aliphatic carbocycles. The number of urea groups is 1. The van der Waals surface area contributed by atoms with E-state index in [1.165, 1.54) is 18.2 Å². The number of hydrogen-bond donors (Lipinski definition) is 1.